The van der Waals surface area contributed by atoms with Gasteiger partial charge < -0.3 is 22.6 Å². The maximum Gasteiger partial charge on any atom is 0.328 e. The van der Waals surface area contributed by atoms with Crippen LogP contribution in [0.3, 0.4) is 0 Å². The van der Waals surface area contributed by atoms with E-state index in [0.717, 1.165) is 17.7 Å². The quantitative estimate of drug-likeness (QED) is 0.120. The molecule has 8 nitrogen and oxygen atoms in total. The minimum atomic E-state index is -2.40. The van der Waals surface area contributed by atoms with Crippen LogP contribution >= 0.6 is 12.2 Å². The number of H-pyrrole nitrogens is 1. The van der Waals surface area contributed by atoms with Crippen LogP contribution in [0.4, 0.5) is 0 Å². The molecule has 1 N–H and O–H groups in total. The summed E-state index contributed by atoms with van der Waals surface area (Å²) in [6, 6.07) is 15.2. The van der Waals surface area contributed by atoms with Crippen LogP contribution in [0.1, 0.15) is 86.6 Å². The number of rotatable bonds is 11. The smallest absolute Gasteiger partial charge is 0.328 e. The molecule has 0 aliphatic carbocycles. The first-order valence-electron chi connectivity index (χ1n) is 19.7. The minimum absolute atomic E-state index is 0.0202. The van der Waals surface area contributed by atoms with Gasteiger partial charge >= 0.3 is 5.69 Å². The first-order valence-corrected chi connectivity index (χ1v) is 28.8. The van der Waals surface area contributed by atoms with Crippen LogP contribution in [0.5, 0.6) is 0 Å². The Kier molecular flexibility index (Phi) is 11.9. The molecule has 4 atom stereocenters. The number of aromatic amines is 1. The zero-order valence-electron chi connectivity index (χ0n) is 35.9. The Labute approximate surface area is 332 Å². The lowest BCUT2D eigenvalue weighted by molar-refractivity contribution is -0.0510. The van der Waals surface area contributed by atoms with Gasteiger partial charge in [0.25, 0.3) is 0 Å². The molecule has 0 spiro atoms. The summed E-state index contributed by atoms with van der Waals surface area (Å²) < 4.78 is 33.0. The summed E-state index contributed by atoms with van der Waals surface area (Å²) in [6.45, 7) is 37.2. The van der Waals surface area contributed by atoms with Crippen LogP contribution in [0.2, 0.25) is 54.4 Å². The SMILES string of the molecule is CCn1c2ccccc2c2cc(Cc3cn([C@@H]4O[C@H](CO[Si](C)(C)C(C)(C)C)[C@@H](O[Si](C)(C)C(C)(C)C)[C@H]4O[Si](C)(C)C(C)(C)C)c(=O)[nH]c3=S)ccc21. The summed E-state index contributed by atoms with van der Waals surface area (Å²) in [5, 5.41) is 2.33. The zero-order chi connectivity index (χ0) is 40.4. The molecule has 1 saturated heterocycles. The van der Waals surface area contributed by atoms with E-state index in [1.807, 2.05) is 6.20 Å². The second-order valence-corrected chi connectivity index (χ2v) is 34.7. The Balaban J connectivity index is 1.62. The van der Waals surface area contributed by atoms with Crippen LogP contribution in [0.25, 0.3) is 21.8 Å². The molecule has 5 rings (SSSR count). The third-order valence-electron chi connectivity index (χ3n) is 13.0. The van der Waals surface area contributed by atoms with Crippen molar-refractivity contribution in [1.82, 2.24) is 14.1 Å². The predicted octanol–water partition coefficient (Wildman–Crippen LogP) is 11.3. The van der Waals surface area contributed by atoms with E-state index < -0.39 is 49.5 Å². The molecule has 1 aliphatic heterocycles. The number of hydrogen-bond acceptors (Lipinski definition) is 6. The Morgan fingerprint density at radius 1 is 0.778 bits per heavy atom. The average Bonchev–Trinajstić information content (AvgIpc) is 3.53. The molecule has 0 amide bonds. The second kappa shape index (κ2) is 15.0. The van der Waals surface area contributed by atoms with Gasteiger partial charge in [-0.05, 0) is 85.1 Å². The maximum atomic E-state index is 14.1. The first-order chi connectivity index (χ1) is 24.7. The highest BCUT2D eigenvalue weighted by Gasteiger charge is 2.55. The van der Waals surface area contributed by atoms with E-state index >= 15 is 0 Å². The van der Waals surface area contributed by atoms with Crippen molar-refractivity contribution < 1.29 is 18.0 Å². The highest BCUT2D eigenvalue weighted by molar-refractivity contribution is 7.71. The number of para-hydroxylation sites is 1. The van der Waals surface area contributed by atoms with Gasteiger partial charge in [0.05, 0.1) is 6.61 Å². The molecule has 4 aromatic rings. The minimum Gasteiger partial charge on any atom is -0.414 e. The number of nitrogens with zero attached hydrogens (tertiary/aromatic N) is 2. The molecule has 298 valence electrons. The first kappa shape index (κ1) is 43.0. The van der Waals surface area contributed by atoms with Crippen LogP contribution in [0.15, 0.2) is 53.5 Å². The summed E-state index contributed by atoms with van der Waals surface area (Å²) in [5.74, 6) is 0. The standard InChI is InChI=1S/C42H67N3O5SSi3/c1-17-44-32-21-19-18-20-30(32)31-25-28(22-23-33(31)44)24-29-26-45(39(46)43-37(29)51)38-36(50-54(15,16)42(8,9)10)35(49-53(13,14)41(5,6)7)34(48-38)27-47-52(11,12)40(2,3)4/h18-23,25-26,34-36,38H,17,24,27H2,1-16H3,(H,43,46,51)/t34-,35-,36-,38-/m1/s1. The fourth-order valence-electron chi connectivity index (χ4n) is 6.49. The van der Waals surface area contributed by atoms with E-state index in [2.05, 4.69) is 161 Å². The molecule has 3 heterocycles. The van der Waals surface area contributed by atoms with Crippen LogP contribution in [0, 0.1) is 4.64 Å². The lowest BCUT2D eigenvalue weighted by Gasteiger charge is -2.44. The third-order valence-corrected chi connectivity index (χ3v) is 26.8. The number of hydrogen-bond donors (Lipinski definition) is 1. The fourth-order valence-corrected chi connectivity index (χ4v) is 10.3. The molecule has 2 aromatic heterocycles. The van der Waals surface area contributed by atoms with Crippen LogP contribution in [-0.2, 0) is 31.0 Å². The highest BCUT2D eigenvalue weighted by atomic mass is 32.1. The van der Waals surface area contributed by atoms with E-state index in [-0.39, 0.29) is 20.8 Å². The van der Waals surface area contributed by atoms with Crippen molar-refractivity contribution >= 4 is 59.0 Å². The fraction of sp³-hybridized carbons (Fsp3) is 0.619. The van der Waals surface area contributed by atoms with Crippen molar-refractivity contribution in [3.8, 4) is 0 Å². The molecular formula is C42H67N3O5SSi3. The predicted molar refractivity (Wildman–Crippen MR) is 235 cm³/mol. The molecule has 0 saturated carbocycles. The van der Waals surface area contributed by atoms with Crippen molar-refractivity contribution in [1.29, 1.82) is 0 Å². The number of fused-ring (bicyclic) bond motifs is 3. The van der Waals surface area contributed by atoms with Gasteiger partial charge in [-0.3, -0.25) is 9.55 Å². The van der Waals surface area contributed by atoms with Gasteiger partial charge in [-0.2, -0.15) is 0 Å². The van der Waals surface area contributed by atoms with E-state index in [9.17, 15) is 4.79 Å². The van der Waals surface area contributed by atoms with Crippen molar-refractivity contribution in [3.63, 3.8) is 0 Å². The van der Waals surface area contributed by atoms with Gasteiger partial charge in [-0.25, -0.2) is 4.79 Å². The Hall–Kier alpha value is -2.17. The van der Waals surface area contributed by atoms with Crippen molar-refractivity contribution in [2.75, 3.05) is 6.61 Å². The summed E-state index contributed by atoms with van der Waals surface area (Å²) in [4.78, 5) is 17.1. The third kappa shape index (κ3) is 8.41. The Morgan fingerprint density at radius 3 is 1.91 bits per heavy atom. The van der Waals surface area contributed by atoms with Gasteiger partial charge in [0.1, 0.15) is 23.0 Å². The van der Waals surface area contributed by atoms with Gasteiger partial charge in [0.2, 0.25) is 0 Å². The van der Waals surface area contributed by atoms with E-state index in [0.29, 0.717) is 17.7 Å². The highest BCUT2D eigenvalue weighted by Crippen LogP contribution is 2.46. The summed E-state index contributed by atoms with van der Waals surface area (Å²) >= 11 is 5.84. The number of nitrogens with one attached hydrogen (secondary N) is 1. The molecule has 12 heteroatoms. The van der Waals surface area contributed by atoms with Gasteiger partial charge in [-0.15, -0.1) is 0 Å². The lowest BCUT2D eigenvalue weighted by Crippen LogP contribution is -2.54. The zero-order valence-corrected chi connectivity index (χ0v) is 39.7. The second-order valence-electron chi connectivity index (χ2n) is 19.9. The van der Waals surface area contributed by atoms with Crippen molar-refractivity contribution in [2.45, 2.75) is 161 Å². The Morgan fingerprint density at radius 2 is 1.33 bits per heavy atom. The van der Waals surface area contributed by atoms with E-state index in [4.69, 9.17) is 30.2 Å². The van der Waals surface area contributed by atoms with Crippen molar-refractivity contribution in [3.05, 3.63) is 74.9 Å². The number of aromatic nitrogens is 3. The molecule has 0 radical (unpaired) electrons. The number of aryl methyl sites for hydroxylation is 1. The van der Waals surface area contributed by atoms with Gasteiger partial charge in [-0.1, -0.05) is 98.8 Å². The molecule has 54 heavy (non-hydrogen) atoms. The monoisotopic (exact) mass is 809 g/mol. The Bertz CT molecular complexity index is 2100. The van der Waals surface area contributed by atoms with Crippen LogP contribution in [-0.4, -0.2) is 64.0 Å². The lowest BCUT2D eigenvalue weighted by atomic mass is 10.0. The molecule has 1 aliphatic rings. The summed E-state index contributed by atoms with van der Waals surface area (Å²) in [6.07, 6.45) is 0.286. The van der Waals surface area contributed by atoms with Gasteiger partial charge in [0.15, 0.2) is 31.2 Å². The molecule has 2 aromatic carbocycles. The topological polar surface area (TPSA) is 79.6 Å². The van der Waals surface area contributed by atoms with Crippen molar-refractivity contribution in [2.24, 2.45) is 0 Å². The molecule has 0 unspecified atom stereocenters. The van der Waals surface area contributed by atoms with E-state index in [1.165, 1.54) is 21.8 Å². The van der Waals surface area contributed by atoms with Crippen LogP contribution < -0.4 is 5.69 Å². The van der Waals surface area contributed by atoms with E-state index in [1.54, 1.807) is 4.57 Å². The average molecular weight is 810 g/mol. The molecular weight excluding hydrogens is 743 g/mol. The largest absolute Gasteiger partial charge is 0.414 e. The number of benzene rings is 2. The summed E-state index contributed by atoms with van der Waals surface area (Å²) in [7, 11) is -6.90. The molecule has 1 fully saturated rings. The van der Waals surface area contributed by atoms with Gasteiger partial charge in [0, 0.05) is 46.5 Å². The molecule has 0 bridgehead atoms. The number of ether oxygens (including phenoxy) is 1. The normalized spacial score (nSPS) is 20.7. The maximum absolute atomic E-state index is 14.1. The summed E-state index contributed by atoms with van der Waals surface area (Å²) in [5.41, 5.74) is 4.08.